The van der Waals surface area contributed by atoms with Crippen molar-refractivity contribution in [1.29, 1.82) is 0 Å². The van der Waals surface area contributed by atoms with E-state index < -0.39 is 0 Å². The summed E-state index contributed by atoms with van der Waals surface area (Å²) in [5.41, 5.74) is 2.28. The van der Waals surface area contributed by atoms with Crippen LogP contribution in [0.2, 0.25) is 0 Å². The molecule has 1 fully saturated rings. The van der Waals surface area contributed by atoms with Crippen molar-refractivity contribution in [2.75, 3.05) is 4.90 Å². The van der Waals surface area contributed by atoms with Gasteiger partial charge < -0.3 is 0 Å². The van der Waals surface area contributed by atoms with Gasteiger partial charge in [-0.2, -0.15) is 0 Å². The van der Waals surface area contributed by atoms with E-state index in [-0.39, 0.29) is 5.91 Å². The minimum absolute atomic E-state index is 0.152. The van der Waals surface area contributed by atoms with Gasteiger partial charge in [-0.15, -0.1) is 10.2 Å². The summed E-state index contributed by atoms with van der Waals surface area (Å²) in [6.07, 6.45) is 5.05. The molecule has 1 heterocycles. The highest BCUT2D eigenvalue weighted by Crippen LogP contribution is 2.34. The molecule has 1 aromatic carbocycles. The molecular weight excluding hydrogens is 294 g/mol. The number of aryl methyl sites for hydroxylation is 1. The number of amides is 1. The molecule has 0 unspecified atom stereocenters. The van der Waals surface area contributed by atoms with E-state index in [0.29, 0.717) is 12.5 Å². The summed E-state index contributed by atoms with van der Waals surface area (Å²) in [6, 6.07) is 8.45. The van der Waals surface area contributed by atoms with Gasteiger partial charge in [0.05, 0.1) is 0 Å². The monoisotopic (exact) mass is 315 g/mol. The first-order chi connectivity index (χ1) is 10.7. The second-order valence-electron chi connectivity index (χ2n) is 5.76. The van der Waals surface area contributed by atoms with E-state index in [1.54, 1.807) is 0 Å². The van der Waals surface area contributed by atoms with Gasteiger partial charge in [0.2, 0.25) is 11.0 Å². The molecule has 0 atom stereocenters. The highest BCUT2D eigenvalue weighted by molar-refractivity contribution is 7.18. The van der Waals surface area contributed by atoms with Crippen molar-refractivity contribution in [2.24, 2.45) is 0 Å². The first-order valence-electron chi connectivity index (χ1n) is 7.92. The maximum atomic E-state index is 12.4. The van der Waals surface area contributed by atoms with Crippen molar-refractivity contribution in [3.05, 3.63) is 29.8 Å². The van der Waals surface area contributed by atoms with Gasteiger partial charge in [0.25, 0.3) is 0 Å². The molecule has 116 valence electrons. The second-order valence-corrected chi connectivity index (χ2v) is 6.72. The van der Waals surface area contributed by atoms with Crippen molar-refractivity contribution in [1.82, 2.24) is 10.2 Å². The lowest BCUT2D eigenvalue weighted by atomic mass is 10.1. The Morgan fingerprint density at radius 1 is 1.27 bits per heavy atom. The van der Waals surface area contributed by atoms with Crippen LogP contribution in [0.3, 0.4) is 0 Å². The number of nitrogens with zero attached hydrogens (tertiary/aromatic N) is 3. The highest BCUT2D eigenvalue weighted by Gasteiger charge is 2.29. The van der Waals surface area contributed by atoms with Crippen LogP contribution in [0.25, 0.3) is 10.6 Å². The third-order valence-electron chi connectivity index (χ3n) is 4.26. The van der Waals surface area contributed by atoms with Gasteiger partial charge in [-0.3, -0.25) is 9.69 Å². The minimum Gasteiger partial charge on any atom is -0.284 e. The van der Waals surface area contributed by atoms with Gasteiger partial charge in [-0.05, 0) is 25.3 Å². The van der Waals surface area contributed by atoms with Crippen molar-refractivity contribution < 1.29 is 4.79 Å². The van der Waals surface area contributed by atoms with Gasteiger partial charge in [0, 0.05) is 18.0 Å². The Morgan fingerprint density at radius 2 is 2.00 bits per heavy atom. The summed E-state index contributed by atoms with van der Waals surface area (Å²) in [4.78, 5) is 14.3. The van der Waals surface area contributed by atoms with E-state index in [9.17, 15) is 4.79 Å². The first kappa shape index (κ1) is 15.2. The molecule has 5 heteroatoms. The van der Waals surface area contributed by atoms with Crippen LogP contribution < -0.4 is 4.90 Å². The smallest absolute Gasteiger partial charge is 0.228 e. The van der Waals surface area contributed by atoms with Crippen molar-refractivity contribution >= 4 is 22.4 Å². The van der Waals surface area contributed by atoms with Crippen LogP contribution >= 0.6 is 11.3 Å². The number of carbonyl (C=O) groups excluding carboxylic acids is 1. The molecule has 1 saturated carbocycles. The van der Waals surface area contributed by atoms with Crippen molar-refractivity contribution in [2.45, 2.75) is 52.0 Å². The number of benzene rings is 1. The predicted octanol–water partition coefficient (Wildman–Crippen LogP) is 4.20. The molecule has 0 radical (unpaired) electrons. The van der Waals surface area contributed by atoms with E-state index in [0.717, 1.165) is 28.5 Å². The second kappa shape index (κ2) is 6.57. The quantitative estimate of drug-likeness (QED) is 0.849. The van der Waals surface area contributed by atoms with E-state index in [4.69, 9.17) is 0 Å². The summed E-state index contributed by atoms with van der Waals surface area (Å²) >= 11 is 1.52. The van der Waals surface area contributed by atoms with Gasteiger partial charge in [0.15, 0.2) is 0 Å². The molecule has 0 saturated heterocycles. The number of rotatable bonds is 4. The van der Waals surface area contributed by atoms with Crippen LogP contribution in [-0.4, -0.2) is 22.1 Å². The third kappa shape index (κ3) is 2.90. The van der Waals surface area contributed by atoms with Crippen LogP contribution in [0.4, 0.5) is 5.13 Å². The highest BCUT2D eigenvalue weighted by atomic mass is 32.1. The van der Waals surface area contributed by atoms with Crippen LogP contribution in [-0.2, 0) is 4.79 Å². The fourth-order valence-corrected chi connectivity index (χ4v) is 4.06. The van der Waals surface area contributed by atoms with E-state index in [1.807, 2.05) is 24.0 Å². The molecule has 0 aliphatic heterocycles. The maximum absolute atomic E-state index is 12.4. The zero-order valence-corrected chi connectivity index (χ0v) is 13.9. The lowest BCUT2D eigenvalue weighted by Crippen LogP contribution is -2.38. The van der Waals surface area contributed by atoms with E-state index in [1.165, 1.54) is 29.7 Å². The normalized spacial score (nSPS) is 15.2. The molecule has 0 spiro atoms. The van der Waals surface area contributed by atoms with Crippen molar-refractivity contribution in [3.63, 3.8) is 0 Å². The number of hydrogen-bond donors (Lipinski definition) is 0. The van der Waals surface area contributed by atoms with Gasteiger partial charge in [-0.1, -0.05) is 55.4 Å². The first-order valence-corrected chi connectivity index (χ1v) is 8.74. The van der Waals surface area contributed by atoms with Crippen LogP contribution in [0.5, 0.6) is 0 Å². The van der Waals surface area contributed by atoms with Crippen LogP contribution in [0, 0.1) is 6.92 Å². The molecule has 1 aliphatic carbocycles. The largest absolute Gasteiger partial charge is 0.284 e. The molecule has 1 aliphatic rings. The van der Waals surface area contributed by atoms with Gasteiger partial charge >= 0.3 is 0 Å². The number of hydrogen-bond acceptors (Lipinski definition) is 4. The molecule has 4 nitrogen and oxygen atoms in total. The van der Waals surface area contributed by atoms with Gasteiger partial charge in [-0.25, -0.2) is 0 Å². The number of aromatic nitrogens is 2. The summed E-state index contributed by atoms with van der Waals surface area (Å²) in [5.74, 6) is 0.152. The molecule has 2 aromatic rings. The zero-order chi connectivity index (χ0) is 15.5. The molecular formula is C17H21N3OS. The molecule has 3 rings (SSSR count). The zero-order valence-electron chi connectivity index (χ0n) is 13.1. The molecule has 1 amide bonds. The maximum Gasteiger partial charge on any atom is 0.228 e. The third-order valence-corrected chi connectivity index (χ3v) is 5.21. The van der Waals surface area contributed by atoms with Gasteiger partial charge in [0.1, 0.15) is 5.01 Å². The Balaban J connectivity index is 1.93. The summed E-state index contributed by atoms with van der Waals surface area (Å²) < 4.78 is 0. The molecule has 0 bridgehead atoms. The SMILES string of the molecule is CCC(=O)N(c1nnc(-c2ccccc2C)s1)C1CCCC1. The average molecular weight is 315 g/mol. The Hall–Kier alpha value is -1.75. The summed E-state index contributed by atoms with van der Waals surface area (Å²) in [5, 5.41) is 10.3. The van der Waals surface area contributed by atoms with Crippen molar-refractivity contribution in [3.8, 4) is 10.6 Å². The van der Waals surface area contributed by atoms with Crippen LogP contribution in [0.1, 0.15) is 44.6 Å². The molecule has 1 aromatic heterocycles. The topological polar surface area (TPSA) is 46.1 Å². The van der Waals surface area contributed by atoms with Crippen LogP contribution in [0.15, 0.2) is 24.3 Å². The van der Waals surface area contributed by atoms with E-state index >= 15 is 0 Å². The fraction of sp³-hybridized carbons (Fsp3) is 0.471. The lowest BCUT2D eigenvalue weighted by molar-refractivity contribution is -0.118. The minimum atomic E-state index is 0.152. The Labute approximate surface area is 135 Å². The lowest BCUT2D eigenvalue weighted by Gasteiger charge is -2.25. The molecule has 22 heavy (non-hydrogen) atoms. The fourth-order valence-electron chi connectivity index (χ4n) is 3.03. The summed E-state index contributed by atoms with van der Waals surface area (Å²) in [6.45, 7) is 3.98. The van der Waals surface area contributed by atoms with E-state index in [2.05, 4.69) is 29.3 Å². The number of carbonyl (C=O) groups is 1. The Bertz CT molecular complexity index is 661. The molecule has 0 N–H and O–H groups in total. The predicted molar refractivity (Wildman–Crippen MR) is 90.1 cm³/mol. The number of anilines is 1. The Morgan fingerprint density at radius 3 is 2.68 bits per heavy atom. The Kier molecular flexibility index (Phi) is 4.52. The average Bonchev–Trinajstić information content (AvgIpc) is 3.20. The summed E-state index contributed by atoms with van der Waals surface area (Å²) in [7, 11) is 0. The standard InChI is InChI=1S/C17H21N3OS/c1-3-15(21)20(13-9-5-6-10-13)17-19-18-16(22-17)14-11-7-4-8-12(14)2/h4,7-8,11,13H,3,5-6,9-10H2,1-2H3.